The number of nitrogens with zero attached hydrogens (tertiary/aromatic N) is 1. The third kappa shape index (κ3) is 4.94. The Labute approximate surface area is 152 Å². The summed E-state index contributed by atoms with van der Waals surface area (Å²) >= 11 is 5.79. The van der Waals surface area contributed by atoms with Gasteiger partial charge in [0.05, 0.1) is 18.6 Å². The van der Waals surface area contributed by atoms with E-state index in [2.05, 4.69) is 5.32 Å². The Hall–Kier alpha value is -2.09. The van der Waals surface area contributed by atoms with Gasteiger partial charge in [-0.3, -0.25) is 4.79 Å². The fourth-order valence-corrected chi connectivity index (χ4v) is 3.69. The summed E-state index contributed by atoms with van der Waals surface area (Å²) in [5, 5.41) is 3.11. The van der Waals surface area contributed by atoms with E-state index in [1.807, 2.05) is 0 Å². The molecule has 0 saturated carbocycles. The highest BCUT2D eigenvalue weighted by atomic mass is 35.5. The van der Waals surface area contributed by atoms with Gasteiger partial charge < -0.3 is 10.1 Å². The lowest BCUT2D eigenvalue weighted by molar-refractivity contribution is -0.116. The Morgan fingerprint density at radius 3 is 2.24 bits per heavy atom. The number of hydrogen-bond acceptors (Lipinski definition) is 4. The predicted molar refractivity (Wildman–Crippen MR) is 97.5 cm³/mol. The summed E-state index contributed by atoms with van der Waals surface area (Å²) in [4.78, 5) is 12.3. The van der Waals surface area contributed by atoms with Crippen LogP contribution in [0.25, 0.3) is 0 Å². The lowest BCUT2D eigenvalue weighted by Crippen LogP contribution is -2.37. The van der Waals surface area contributed by atoms with Gasteiger partial charge in [-0.2, -0.15) is 4.31 Å². The summed E-state index contributed by atoms with van der Waals surface area (Å²) < 4.78 is 31.4. The molecule has 0 radical (unpaired) electrons. The number of amides is 1. The van der Waals surface area contributed by atoms with Crippen molar-refractivity contribution < 1.29 is 17.9 Å². The summed E-state index contributed by atoms with van der Waals surface area (Å²) in [6.45, 7) is 1.56. The highest BCUT2D eigenvalue weighted by molar-refractivity contribution is 7.89. The quantitative estimate of drug-likeness (QED) is 0.798. The molecule has 134 valence electrons. The van der Waals surface area contributed by atoms with Crippen molar-refractivity contribution in [2.75, 3.05) is 25.5 Å². The van der Waals surface area contributed by atoms with Crippen LogP contribution in [0.1, 0.15) is 6.92 Å². The first-order valence-corrected chi connectivity index (χ1v) is 9.38. The van der Waals surface area contributed by atoms with Crippen LogP contribution in [0.3, 0.4) is 0 Å². The zero-order valence-corrected chi connectivity index (χ0v) is 15.5. The van der Waals surface area contributed by atoms with Crippen LogP contribution in [0.15, 0.2) is 53.4 Å². The molecule has 0 aliphatic rings. The first-order chi connectivity index (χ1) is 11.9. The standard InChI is InChI=1S/C17H19ClN2O4S/c1-3-20(25(22,23)16-10-4-13(18)5-11-16)12-17(21)19-14-6-8-15(24-2)9-7-14/h4-11H,3,12H2,1-2H3,(H,19,21). The molecule has 0 aliphatic carbocycles. The zero-order chi connectivity index (χ0) is 18.4. The monoisotopic (exact) mass is 382 g/mol. The van der Waals surface area contributed by atoms with Gasteiger partial charge in [0.25, 0.3) is 0 Å². The summed E-state index contributed by atoms with van der Waals surface area (Å²) in [7, 11) is -2.22. The molecular weight excluding hydrogens is 364 g/mol. The van der Waals surface area contributed by atoms with E-state index in [0.29, 0.717) is 16.5 Å². The maximum absolute atomic E-state index is 12.6. The topological polar surface area (TPSA) is 75.7 Å². The molecule has 0 unspecified atom stereocenters. The number of carbonyl (C=O) groups is 1. The van der Waals surface area contributed by atoms with E-state index >= 15 is 0 Å². The fourth-order valence-electron chi connectivity index (χ4n) is 2.16. The molecule has 8 heteroatoms. The smallest absolute Gasteiger partial charge is 0.243 e. The normalized spacial score (nSPS) is 11.4. The number of benzene rings is 2. The van der Waals surface area contributed by atoms with E-state index in [4.69, 9.17) is 16.3 Å². The van der Waals surface area contributed by atoms with E-state index in [1.54, 1.807) is 38.3 Å². The number of nitrogens with one attached hydrogen (secondary N) is 1. The molecule has 25 heavy (non-hydrogen) atoms. The van der Waals surface area contributed by atoms with E-state index in [9.17, 15) is 13.2 Å². The number of anilines is 1. The molecule has 0 heterocycles. The van der Waals surface area contributed by atoms with Gasteiger partial charge in [-0.05, 0) is 48.5 Å². The largest absolute Gasteiger partial charge is 0.497 e. The number of ether oxygens (including phenoxy) is 1. The number of sulfonamides is 1. The summed E-state index contributed by atoms with van der Waals surface area (Å²) in [6.07, 6.45) is 0. The van der Waals surface area contributed by atoms with Crippen molar-refractivity contribution in [3.8, 4) is 5.75 Å². The molecule has 0 saturated heterocycles. The van der Waals surface area contributed by atoms with Gasteiger partial charge in [-0.1, -0.05) is 18.5 Å². The molecule has 0 aliphatic heterocycles. The molecule has 2 rings (SSSR count). The molecule has 0 spiro atoms. The van der Waals surface area contributed by atoms with Crippen LogP contribution >= 0.6 is 11.6 Å². The second-order valence-corrected chi connectivity index (χ2v) is 7.54. The van der Waals surface area contributed by atoms with Gasteiger partial charge in [0.2, 0.25) is 15.9 Å². The third-order valence-corrected chi connectivity index (χ3v) is 5.68. The lowest BCUT2D eigenvalue weighted by atomic mass is 10.3. The molecule has 1 N–H and O–H groups in total. The maximum atomic E-state index is 12.6. The molecule has 2 aromatic rings. The van der Waals surface area contributed by atoms with Crippen molar-refractivity contribution in [1.82, 2.24) is 4.31 Å². The second kappa shape index (κ2) is 8.33. The first kappa shape index (κ1) is 19.2. The first-order valence-electron chi connectivity index (χ1n) is 7.56. The molecule has 0 bridgehead atoms. The van der Waals surface area contributed by atoms with Crippen molar-refractivity contribution in [2.45, 2.75) is 11.8 Å². The van der Waals surface area contributed by atoms with Crippen LogP contribution in [0, 0.1) is 0 Å². The van der Waals surface area contributed by atoms with Gasteiger partial charge in [-0.25, -0.2) is 8.42 Å². The van der Waals surface area contributed by atoms with Gasteiger partial charge in [0, 0.05) is 17.3 Å². The van der Waals surface area contributed by atoms with Crippen LogP contribution < -0.4 is 10.1 Å². The summed E-state index contributed by atoms with van der Waals surface area (Å²) in [5.74, 6) is 0.239. The van der Waals surface area contributed by atoms with Gasteiger partial charge in [0.15, 0.2) is 0 Å². The number of halogens is 1. The van der Waals surface area contributed by atoms with Crippen LogP contribution in [0.4, 0.5) is 5.69 Å². The molecule has 2 aromatic carbocycles. The molecule has 1 amide bonds. The minimum absolute atomic E-state index is 0.0935. The Morgan fingerprint density at radius 2 is 1.72 bits per heavy atom. The van der Waals surface area contributed by atoms with E-state index in [0.717, 1.165) is 4.31 Å². The van der Waals surface area contributed by atoms with Gasteiger partial charge >= 0.3 is 0 Å². The zero-order valence-electron chi connectivity index (χ0n) is 13.9. The summed E-state index contributed by atoms with van der Waals surface area (Å²) in [6, 6.07) is 12.6. The van der Waals surface area contributed by atoms with Crippen LogP contribution in [-0.2, 0) is 14.8 Å². The number of carbonyl (C=O) groups excluding carboxylic acids is 1. The van der Waals surface area contributed by atoms with Crippen molar-refractivity contribution in [3.63, 3.8) is 0 Å². The van der Waals surface area contributed by atoms with Crippen molar-refractivity contribution in [3.05, 3.63) is 53.6 Å². The molecule has 0 atom stereocenters. The number of hydrogen-bond donors (Lipinski definition) is 1. The highest BCUT2D eigenvalue weighted by Gasteiger charge is 2.25. The molecule has 0 aromatic heterocycles. The Balaban J connectivity index is 2.09. The Morgan fingerprint density at radius 1 is 1.12 bits per heavy atom. The van der Waals surface area contributed by atoms with Gasteiger partial charge in [-0.15, -0.1) is 0 Å². The minimum Gasteiger partial charge on any atom is -0.497 e. The number of likely N-dealkylation sites (N-methyl/N-ethyl adjacent to an activating group) is 1. The second-order valence-electron chi connectivity index (χ2n) is 5.16. The summed E-state index contributed by atoms with van der Waals surface area (Å²) in [5.41, 5.74) is 0.561. The third-order valence-electron chi connectivity index (χ3n) is 3.50. The van der Waals surface area contributed by atoms with Crippen molar-refractivity contribution in [1.29, 1.82) is 0 Å². The average Bonchev–Trinajstić information content (AvgIpc) is 2.60. The van der Waals surface area contributed by atoms with E-state index in [1.165, 1.54) is 24.3 Å². The molecular formula is C17H19ClN2O4S. The highest BCUT2D eigenvalue weighted by Crippen LogP contribution is 2.19. The van der Waals surface area contributed by atoms with E-state index in [-0.39, 0.29) is 18.0 Å². The lowest BCUT2D eigenvalue weighted by Gasteiger charge is -2.20. The van der Waals surface area contributed by atoms with Crippen molar-refractivity contribution >= 4 is 33.2 Å². The molecule has 6 nitrogen and oxygen atoms in total. The number of methoxy groups -OCH3 is 1. The number of rotatable bonds is 7. The predicted octanol–water partition coefficient (Wildman–Crippen LogP) is 3.00. The Kier molecular flexibility index (Phi) is 6.41. The van der Waals surface area contributed by atoms with Crippen molar-refractivity contribution in [2.24, 2.45) is 0 Å². The van der Waals surface area contributed by atoms with Crippen LogP contribution in [-0.4, -0.2) is 38.8 Å². The van der Waals surface area contributed by atoms with E-state index < -0.39 is 15.9 Å². The van der Waals surface area contributed by atoms with Crippen LogP contribution in [0.2, 0.25) is 5.02 Å². The minimum atomic E-state index is -3.77. The Bertz CT molecular complexity index is 821. The average molecular weight is 383 g/mol. The fraction of sp³-hybridized carbons (Fsp3) is 0.235. The van der Waals surface area contributed by atoms with Crippen LogP contribution in [0.5, 0.6) is 5.75 Å². The molecule has 0 fully saturated rings. The van der Waals surface area contributed by atoms with Gasteiger partial charge in [0.1, 0.15) is 5.75 Å². The SMILES string of the molecule is CCN(CC(=O)Nc1ccc(OC)cc1)S(=O)(=O)c1ccc(Cl)cc1. The maximum Gasteiger partial charge on any atom is 0.243 e.